The van der Waals surface area contributed by atoms with Gasteiger partial charge in [0, 0.05) is 5.75 Å². The molecule has 0 saturated heterocycles. The number of hydrogen-bond donors (Lipinski definition) is 1. The maximum absolute atomic E-state index is 11.1. The molecule has 0 aliphatic rings. The number of nitrogens with one attached hydrogen (secondary N) is 1. The van der Waals surface area contributed by atoms with Crippen molar-refractivity contribution in [1.82, 2.24) is 10.2 Å². The van der Waals surface area contributed by atoms with Crippen LogP contribution in [0.3, 0.4) is 0 Å². The number of carbonyl (C=O) groups is 1. The van der Waals surface area contributed by atoms with Crippen LogP contribution in [0, 0.1) is 9.87 Å². The van der Waals surface area contributed by atoms with E-state index in [0.717, 1.165) is 4.34 Å². The van der Waals surface area contributed by atoms with Gasteiger partial charge in [-0.05, 0) is 12.2 Å². The van der Waals surface area contributed by atoms with Crippen LogP contribution in [0.2, 0.25) is 0 Å². The number of H-pyrrole nitrogens is 1. The van der Waals surface area contributed by atoms with E-state index in [4.69, 9.17) is 12.2 Å². The van der Waals surface area contributed by atoms with Crippen molar-refractivity contribution in [2.75, 3.05) is 12.9 Å². The van der Waals surface area contributed by atoms with E-state index in [1.165, 1.54) is 30.2 Å². The van der Waals surface area contributed by atoms with Gasteiger partial charge in [-0.25, -0.2) is 0 Å². The smallest absolute Gasteiger partial charge is 0.309 e. The minimum atomic E-state index is -0.198. The Morgan fingerprint density at radius 2 is 2.57 bits per heavy atom. The molecule has 4 nitrogen and oxygen atoms in total. The monoisotopic (exact) mass is 250 g/mol. The molecule has 0 aliphatic carbocycles. The lowest BCUT2D eigenvalue weighted by atomic mass is 10.2. The number of esters is 1. The van der Waals surface area contributed by atoms with Crippen LogP contribution in [-0.2, 0) is 9.53 Å². The molecule has 1 aromatic rings. The van der Waals surface area contributed by atoms with Crippen LogP contribution < -0.4 is 0 Å². The third-order valence-corrected chi connectivity index (χ3v) is 3.97. The van der Waals surface area contributed by atoms with Gasteiger partial charge in [0.1, 0.15) is 0 Å². The van der Waals surface area contributed by atoms with Gasteiger partial charge in [0.15, 0.2) is 8.29 Å². The van der Waals surface area contributed by atoms with E-state index in [-0.39, 0.29) is 11.9 Å². The number of hydrogen-bond acceptors (Lipinski definition) is 6. The van der Waals surface area contributed by atoms with Crippen molar-refractivity contribution < 1.29 is 9.53 Å². The molecular formula is C7H10N2O2S3. The highest BCUT2D eigenvalue weighted by atomic mass is 32.2. The van der Waals surface area contributed by atoms with Gasteiger partial charge >= 0.3 is 5.97 Å². The molecular weight excluding hydrogens is 240 g/mol. The van der Waals surface area contributed by atoms with Crippen LogP contribution in [0.4, 0.5) is 0 Å². The second-order valence-electron chi connectivity index (χ2n) is 2.61. The van der Waals surface area contributed by atoms with Crippen LogP contribution in [0.5, 0.6) is 0 Å². The van der Waals surface area contributed by atoms with Gasteiger partial charge in [-0.1, -0.05) is 30.0 Å². The first-order valence-electron chi connectivity index (χ1n) is 3.89. The van der Waals surface area contributed by atoms with E-state index >= 15 is 0 Å². The Morgan fingerprint density at radius 3 is 3.07 bits per heavy atom. The summed E-state index contributed by atoms with van der Waals surface area (Å²) < 4.78 is 6.11. The fourth-order valence-electron chi connectivity index (χ4n) is 0.743. The summed E-state index contributed by atoms with van der Waals surface area (Å²) in [6, 6.07) is 0. The lowest BCUT2D eigenvalue weighted by Crippen LogP contribution is -2.14. The Labute approximate surface area is 95.1 Å². The first kappa shape index (κ1) is 11.7. The Morgan fingerprint density at radius 1 is 1.86 bits per heavy atom. The summed E-state index contributed by atoms with van der Waals surface area (Å²) in [7, 11) is 1.39. The second kappa shape index (κ2) is 5.47. The van der Waals surface area contributed by atoms with Crippen molar-refractivity contribution in [2.24, 2.45) is 5.92 Å². The van der Waals surface area contributed by atoms with E-state index in [9.17, 15) is 4.79 Å². The van der Waals surface area contributed by atoms with E-state index in [1.807, 2.05) is 6.92 Å². The summed E-state index contributed by atoms with van der Waals surface area (Å²) in [6.07, 6.45) is 0. The van der Waals surface area contributed by atoms with Gasteiger partial charge in [0.05, 0.1) is 13.0 Å². The molecule has 1 N–H and O–H groups in total. The third kappa shape index (κ3) is 3.39. The fourth-order valence-corrected chi connectivity index (χ4v) is 2.85. The fraction of sp³-hybridized carbons (Fsp3) is 0.571. The molecule has 14 heavy (non-hydrogen) atoms. The molecule has 1 heterocycles. The minimum absolute atomic E-state index is 0.123. The number of aromatic amines is 1. The average Bonchev–Trinajstić information content (AvgIpc) is 2.59. The zero-order valence-electron chi connectivity index (χ0n) is 7.77. The zero-order chi connectivity index (χ0) is 10.6. The van der Waals surface area contributed by atoms with Crippen molar-refractivity contribution in [3.05, 3.63) is 3.95 Å². The summed E-state index contributed by atoms with van der Waals surface area (Å²) in [6.45, 7) is 1.82. The topological polar surface area (TPSA) is 55.0 Å². The number of thioether (sulfide) groups is 1. The molecule has 7 heteroatoms. The van der Waals surface area contributed by atoms with E-state index < -0.39 is 0 Å². The Bertz CT molecular complexity index is 360. The molecule has 1 atom stereocenters. The Kier molecular flexibility index (Phi) is 4.56. The molecule has 0 fully saturated rings. The molecule has 78 valence electrons. The Hall–Kier alpha value is -0.400. The van der Waals surface area contributed by atoms with Gasteiger partial charge in [-0.3, -0.25) is 9.89 Å². The molecule has 1 unspecified atom stereocenters. The number of rotatable bonds is 4. The molecule has 0 aromatic carbocycles. The van der Waals surface area contributed by atoms with Crippen molar-refractivity contribution in [2.45, 2.75) is 11.3 Å². The number of methoxy groups -OCH3 is 1. The number of aromatic nitrogens is 2. The van der Waals surface area contributed by atoms with Crippen LogP contribution in [0.25, 0.3) is 0 Å². The maximum Gasteiger partial charge on any atom is 0.309 e. The van der Waals surface area contributed by atoms with Gasteiger partial charge in [-0.2, -0.15) is 5.10 Å². The molecule has 0 aliphatic heterocycles. The quantitative estimate of drug-likeness (QED) is 0.504. The first-order valence-corrected chi connectivity index (χ1v) is 6.10. The summed E-state index contributed by atoms with van der Waals surface area (Å²) in [5.74, 6) is 0.335. The van der Waals surface area contributed by atoms with Gasteiger partial charge in [0.2, 0.25) is 0 Å². The lowest BCUT2D eigenvalue weighted by molar-refractivity contribution is -0.143. The SMILES string of the molecule is COC(=O)C(C)CSc1n[nH]c(=S)s1. The van der Waals surface area contributed by atoms with Crippen molar-refractivity contribution in [3.8, 4) is 0 Å². The number of ether oxygens (including phenoxy) is 1. The van der Waals surface area contributed by atoms with Crippen LogP contribution in [0.15, 0.2) is 4.34 Å². The number of nitrogens with zero attached hydrogens (tertiary/aromatic N) is 1. The summed E-state index contributed by atoms with van der Waals surface area (Å²) >= 11 is 7.79. The highest BCUT2D eigenvalue weighted by Crippen LogP contribution is 2.22. The van der Waals surface area contributed by atoms with E-state index in [2.05, 4.69) is 14.9 Å². The highest BCUT2D eigenvalue weighted by Gasteiger charge is 2.13. The molecule has 0 amide bonds. The predicted molar refractivity (Wildman–Crippen MR) is 59.2 cm³/mol. The summed E-state index contributed by atoms with van der Waals surface area (Å²) in [5.41, 5.74) is 0. The Balaban J connectivity index is 2.41. The zero-order valence-corrected chi connectivity index (χ0v) is 10.2. The van der Waals surface area contributed by atoms with Gasteiger partial charge in [-0.15, -0.1) is 0 Å². The highest BCUT2D eigenvalue weighted by molar-refractivity contribution is 8.01. The molecule has 1 rings (SSSR count). The lowest BCUT2D eigenvalue weighted by Gasteiger charge is -2.05. The normalized spacial score (nSPS) is 12.4. The first-order chi connectivity index (χ1) is 6.63. The summed E-state index contributed by atoms with van der Waals surface area (Å²) in [4.78, 5) is 11.1. The average molecular weight is 250 g/mol. The number of carbonyl (C=O) groups excluding carboxylic acids is 1. The largest absolute Gasteiger partial charge is 0.469 e. The molecule has 0 bridgehead atoms. The standard InChI is InChI=1S/C7H10N2O2S3/c1-4(5(10)11-2)3-13-7-9-8-6(12)14-7/h4H,3H2,1-2H3,(H,8,12). The second-order valence-corrected chi connectivity index (χ2v) is 5.55. The minimum Gasteiger partial charge on any atom is -0.469 e. The molecule has 0 radical (unpaired) electrons. The predicted octanol–water partition coefficient (Wildman–Crippen LogP) is 2.10. The van der Waals surface area contributed by atoms with Gasteiger partial charge < -0.3 is 4.74 Å². The third-order valence-electron chi connectivity index (χ3n) is 1.48. The van der Waals surface area contributed by atoms with E-state index in [0.29, 0.717) is 9.71 Å². The van der Waals surface area contributed by atoms with E-state index in [1.54, 1.807) is 0 Å². The van der Waals surface area contributed by atoms with Gasteiger partial charge in [0.25, 0.3) is 0 Å². The molecule has 0 spiro atoms. The summed E-state index contributed by atoms with van der Waals surface area (Å²) in [5, 5.41) is 6.65. The van der Waals surface area contributed by atoms with Crippen molar-refractivity contribution in [1.29, 1.82) is 0 Å². The molecule has 0 saturated carbocycles. The van der Waals surface area contributed by atoms with Crippen LogP contribution in [0.1, 0.15) is 6.92 Å². The van der Waals surface area contributed by atoms with Crippen LogP contribution in [-0.4, -0.2) is 29.0 Å². The van der Waals surface area contributed by atoms with Crippen molar-refractivity contribution in [3.63, 3.8) is 0 Å². The van der Waals surface area contributed by atoms with Crippen LogP contribution >= 0.6 is 35.3 Å². The van der Waals surface area contributed by atoms with Crippen molar-refractivity contribution >= 4 is 41.3 Å². The maximum atomic E-state index is 11.1. The molecule has 1 aromatic heterocycles.